The van der Waals surface area contributed by atoms with Crippen molar-refractivity contribution in [3.63, 3.8) is 0 Å². The molecule has 5 nitrogen and oxygen atoms in total. The zero-order valence-electron chi connectivity index (χ0n) is 13.5. The van der Waals surface area contributed by atoms with Crippen molar-refractivity contribution in [3.8, 4) is 6.07 Å². The van der Waals surface area contributed by atoms with E-state index >= 15 is 0 Å². The van der Waals surface area contributed by atoms with Crippen LogP contribution in [-0.4, -0.2) is 10.5 Å². The van der Waals surface area contributed by atoms with E-state index in [9.17, 15) is 9.59 Å². The molecule has 0 aliphatic carbocycles. The second-order valence-corrected chi connectivity index (χ2v) is 5.45. The average Bonchev–Trinajstić information content (AvgIpc) is 2.52. The first kappa shape index (κ1) is 16.5. The van der Waals surface area contributed by atoms with Crippen molar-refractivity contribution in [2.24, 2.45) is 0 Å². The van der Waals surface area contributed by atoms with E-state index < -0.39 is 5.56 Å². The summed E-state index contributed by atoms with van der Waals surface area (Å²) < 4.78 is 1.32. The number of rotatable bonds is 4. The zero-order valence-corrected chi connectivity index (χ0v) is 13.5. The van der Waals surface area contributed by atoms with E-state index in [-0.39, 0.29) is 18.0 Å². The minimum absolute atomic E-state index is 0.0794. The Kier molecular flexibility index (Phi) is 4.97. The van der Waals surface area contributed by atoms with Crippen LogP contribution in [0.3, 0.4) is 0 Å². The maximum atomic E-state index is 12.3. The largest absolute Gasteiger partial charge is 0.325 e. The fourth-order valence-electron chi connectivity index (χ4n) is 2.43. The van der Waals surface area contributed by atoms with E-state index in [1.807, 2.05) is 30.3 Å². The molecule has 1 amide bonds. The quantitative estimate of drug-likeness (QED) is 0.943. The van der Waals surface area contributed by atoms with Gasteiger partial charge in [-0.2, -0.15) is 5.26 Å². The molecular formula is C18H19N3O2. The Morgan fingerprint density at radius 2 is 1.91 bits per heavy atom. The predicted molar refractivity (Wildman–Crippen MR) is 89.3 cm³/mol. The van der Waals surface area contributed by atoms with Crippen LogP contribution in [0.2, 0.25) is 0 Å². The van der Waals surface area contributed by atoms with Crippen LogP contribution in [0.5, 0.6) is 0 Å². The number of nitrogens with zero attached hydrogens (tertiary/aromatic N) is 2. The van der Waals surface area contributed by atoms with Crippen molar-refractivity contribution in [3.05, 3.63) is 63.1 Å². The van der Waals surface area contributed by atoms with Gasteiger partial charge in [0.05, 0.1) is 0 Å². The Hall–Kier alpha value is -2.87. The molecule has 1 aromatic heterocycles. The molecule has 0 saturated heterocycles. The average molecular weight is 309 g/mol. The third-order valence-corrected chi connectivity index (χ3v) is 3.76. The van der Waals surface area contributed by atoms with Crippen LogP contribution in [0.25, 0.3) is 0 Å². The van der Waals surface area contributed by atoms with Gasteiger partial charge in [-0.3, -0.25) is 9.59 Å². The van der Waals surface area contributed by atoms with Gasteiger partial charge in [0.15, 0.2) is 0 Å². The summed E-state index contributed by atoms with van der Waals surface area (Å²) >= 11 is 0. The van der Waals surface area contributed by atoms with Crippen molar-refractivity contribution in [2.45, 2.75) is 33.7 Å². The van der Waals surface area contributed by atoms with E-state index in [0.717, 1.165) is 6.42 Å². The van der Waals surface area contributed by atoms with Gasteiger partial charge < -0.3 is 9.88 Å². The number of carbonyl (C=O) groups is 1. The van der Waals surface area contributed by atoms with Crippen LogP contribution in [-0.2, 0) is 17.8 Å². The van der Waals surface area contributed by atoms with Crippen molar-refractivity contribution in [2.75, 3.05) is 5.32 Å². The number of pyridine rings is 1. The number of hydrogen-bond donors (Lipinski definition) is 1. The molecular weight excluding hydrogens is 290 g/mol. The van der Waals surface area contributed by atoms with Crippen LogP contribution < -0.4 is 10.9 Å². The summed E-state index contributed by atoms with van der Waals surface area (Å²) in [6.07, 6.45) is 0.934. The molecule has 1 aromatic carbocycles. The third kappa shape index (κ3) is 3.67. The molecule has 23 heavy (non-hydrogen) atoms. The minimum atomic E-state index is -0.429. The van der Waals surface area contributed by atoms with Crippen molar-refractivity contribution in [1.29, 1.82) is 5.26 Å². The van der Waals surface area contributed by atoms with Gasteiger partial charge in [-0.15, -0.1) is 0 Å². The highest BCUT2D eigenvalue weighted by Gasteiger charge is 2.13. The number of amides is 1. The number of aromatic nitrogens is 1. The summed E-state index contributed by atoms with van der Waals surface area (Å²) in [5, 5.41) is 11.8. The molecule has 1 heterocycles. The van der Waals surface area contributed by atoms with Gasteiger partial charge >= 0.3 is 0 Å². The SMILES string of the molecule is CCc1ccc(NC(=O)Cn2c(C)cc(C)c(C#N)c2=O)cc1. The first-order valence-electron chi connectivity index (χ1n) is 7.46. The molecule has 0 aliphatic rings. The lowest BCUT2D eigenvalue weighted by atomic mass is 10.1. The van der Waals surface area contributed by atoms with Gasteiger partial charge in [-0.05, 0) is 49.6 Å². The topological polar surface area (TPSA) is 74.9 Å². The minimum Gasteiger partial charge on any atom is -0.325 e. The molecule has 5 heteroatoms. The molecule has 0 spiro atoms. The van der Waals surface area contributed by atoms with Gasteiger partial charge in [-0.1, -0.05) is 19.1 Å². The van der Waals surface area contributed by atoms with E-state index in [1.54, 1.807) is 19.9 Å². The fraction of sp³-hybridized carbons (Fsp3) is 0.278. The molecule has 2 rings (SSSR count). The standard InChI is InChI=1S/C18H19N3O2/c1-4-14-5-7-15(8-6-14)20-17(22)11-21-13(3)9-12(2)16(10-19)18(21)23/h5-9H,4,11H2,1-3H3,(H,20,22). The van der Waals surface area contributed by atoms with Gasteiger partial charge in [0.25, 0.3) is 5.56 Å². The van der Waals surface area contributed by atoms with E-state index in [1.165, 1.54) is 10.1 Å². The number of hydrogen-bond acceptors (Lipinski definition) is 3. The monoisotopic (exact) mass is 309 g/mol. The molecule has 0 aliphatic heterocycles. The first-order chi connectivity index (χ1) is 11.0. The second kappa shape index (κ2) is 6.93. The normalized spacial score (nSPS) is 10.2. The van der Waals surface area contributed by atoms with Crippen LogP contribution in [0, 0.1) is 25.2 Å². The molecule has 0 atom stereocenters. The van der Waals surface area contributed by atoms with Crippen LogP contribution >= 0.6 is 0 Å². The van der Waals surface area contributed by atoms with Crippen LogP contribution in [0.15, 0.2) is 35.1 Å². The number of nitriles is 1. The Labute approximate surface area is 135 Å². The van der Waals surface area contributed by atoms with E-state index in [0.29, 0.717) is 16.9 Å². The number of aryl methyl sites for hydroxylation is 3. The van der Waals surface area contributed by atoms with Crippen molar-refractivity contribution in [1.82, 2.24) is 4.57 Å². The van der Waals surface area contributed by atoms with Crippen molar-refractivity contribution < 1.29 is 4.79 Å². The Bertz CT molecular complexity index is 827. The van der Waals surface area contributed by atoms with E-state index in [2.05, 4.69) is 12.2 Å². The highest BCUT2D eigenvalue weighted by molar-refractivity contribution is 5.90. The number of nitrogens with one attached hydrogen (secondary N) is 1. The molecule has 0 fully saturated rings. The Morgan fingerprint density at radius 1 is 1.26 bits per heavy atom. The molecule has 2 aromatic rings. The molecule has 0 saturated carbocycles. The zero-order chi connectivity index (χ0) is 17.0. The van der Waals surface area contributed by atoms with Gasteiger partial charge in [0, 0.05) is 11.4 Å². The first-order valence-corrected chi connectivity index (χ1v) is 7.46. The molecule has 0 unspecified atom stereocenters. The number of benzene rings is 1. The predicted octanol–water partition coefficient (Wildman–Crippen LogP) is 2.54. The Morgan fingerprint density at radius 3 is 2.48 bits per heavy atom. The smallest absolute Gasteiger partial charge is 0.269 e. The summed E-state index contributed by atoms with van der Waals surface area (Å²) in [4.78, 5) is 24.4. The molecule has 118 valence electrons. The lowest BCUT2D eigenvalue weighted by Gasteiger charge is -2.12. The highest BCUT2D eigenvalue weighted by Crippen LogP contribution is 2.10. The van der Waals surface area contributed by atoms with Gasteiger partial charge in [0.2, 0.25) is 5.91 Å². The summed E-state index contributed by atoms with van der Waals surface area (Å²) in [5.41, 5.74) is 2.81. The molecule has 0 radical (unpaired) electrons. The lowest BCUT2D eigenvalue weighted by molar-refractivity contribution is -0.116. The third-order valence-electron chi connectivity index (χ3n) is 3.76. The molecule has 1 N–H and O–H groups in total. The van der Waals surface area contributed by atoms with Crippen LogP contribution in [0.1, 0.15) is 29.3 Å². The number of carbonyl (C=O) groups excluding carboxylic acids is 1. The van der Waals surface area contributed by atoms with Crippen molar-refractivity contribution >= 4 is 11.6 Å². The summed E-state index contributed by atoms with van der Waals surface area (Å²) in [5.74, 6) is -0.299. The lowest BCUT2D eigenvalue weighted by Crippen LogP contribution is -2.31. The highest BCUT2D eigenvalue weighted by atomic mass is 16.2. The van der Waals surface area contributed by atoms with Gasteiger partial charge in [-0.25, -0.2) is 0 Å². The summed E-state index contributed by atoms with van der Waals surface area (Å²) in [6.45, 7) is 5.41. The summed E-state index contributed by atoms with van der Waals surface area (Å²) in [7, 11) is 0. The summed E-state index contributed by atoms with van der Waals surface area (Å²) in [6, 6.07) is 11.2. The maximum absolute atomic E-state index is 12.3. The number of anilines is 1. The van der Waals surface area contributed by atoms with E-state index in [4.69, 9.17) is 5.26 Å². The Balaban J connectivity index is 2.20. The van der Waals surface area contributed by atoms with Gasteiger partial charge in [0.1, 0.15) is 18.2 Å². The van der Waals surface area contributed by atoms with Crippen LogP contribution in [0.4, 0.5) is 5.69 Å². The molecule has 0 bridgehead atoms. The maximum Gasteiger partial charge on any atom is 0.269 e. The second-order valence-electron chi connectivity index (χ2n) is 5.45. The fourth-order valence-corrected chi connectivity index (χ4v) is 2.43.